The molecule has 0 aliphatic carbocycles. The number of hydrogen-bond acceptors (Lipinski definition) is 4. The molecule has 3 nitrogen and oxygen atoms in total. The lowest BCUT2D eigenvalue weighted by atomic mass is 10.2. The molecule has 0 unspecified atom stereocenters. The summed E-state index contributed by atoms with van der Waals surface area (Å²) in [7, 11) is -2.77. The number of isothiocyanates is 1. The van der Waals surface area contributed by atoms with Crippen LogP contribution in [0.3, 0.4) is 0 Å². The van der Waals surface area contributed by atoms with Crippen LogP contribution in [0, 0.1) is 0 Å². The molecule has 0 saturated heterocycles. The number of nitrogens with zero attached hydrogens (tertiary/aromatic N) is 1. The van der Waals surface area contributed by atoms with Gasteiger partial charge in [-0.15, -0.1) is 0 Å². The molecular formula is C8H15NO2S2. The molecule has 0 spiro atoms. The maximum atomic E-state index is 10.7. The van der Waals surface area contributed by atoms with E-state index in [1.807, 2.05) is 0 Å². The molecule has 0 saturated carbocycles. The third kappa shape index (κ3) is 11.8. The number of sulfone groups is 1. The van der Waals surface area contributed by atoms with Crippen LogP contribution in [0.2, 0.25) is 0 Å². The van der Waals surface area contributed by atoms with Gasteiger partial charge in [-0.2, -0.15) is 0 Å². The van der Waals surface area contributed by atoms with E-state index < -0.39 is 9.84 Å². The van der Waals surface area contributed by atoms with Gasteiger partial charge in [0, 0.05) is 18.6 Å². The lowest BCUT2D eigenvalue weighted by molar-refractivity contribution is 0.593. The van der Waals surface area contributed by atoms with Crippen LogP contribution in [-0.2, 0) is 9.84 Å². The van der Waals surface area contributed by atoms with Gasteiger partial charge in [0.05, 0.1) is 5.16 Å². The first-order valence-corrected chi connectivity index (χ1v) is 6.74. The molecule has 0 aromatic heterocycles. The smallest absolute Gasteiger partial charge is 0.147 e. The van der Waals surface area contributed by atoms with Crippen LogP contribution in [0.25, 0.3) is 0 Å². The normalized spacial score (nSPS) is 10.8. The van der Waals surface area contributed by atoms with Gasteiger partial charge in [0.25, 0.3) is 0 Å². The first kappa shape index (κ1) is 12.8. The van der Waals surface area contributed by atoms with E-state index in [2.05, 4.69) is 22.4 Å². The van der Waals surface area contributed by atoms with Gasteiger partial charge in [0.2, 0.25) is 0 Å². The molecule has 0 atom stereocenters. The van der Waals surface area contributed by atoms with Crippen molar-refractivity contribution in [3.63, 3.8) is 0 Å². The summed E-state index contributed by atoms with van der Waals surface area (Å²) < 4.78 is 21.4. The van der Waals surface area contributed by atoms with Crippen molar-refractivity contribution in [1.82, 2.24) is 0 Å². The van der Waals surface area contributed by atoms with Crippen LogP contribution in [0.1, 0.15) is 25.7 Å². The molecule has 0 radical (unpaired) electrons. The number of hydrogen-bond donors (Lipinski definition) is 0. The van der Waals surface area contributed by atoms with Crippen LogP contribution >= 0.6 is 12.2 Å². The minimum atomic E-state index is -2.77. The van der Waals surface area contributed by atoms with E-state index in [0.29, 0.717) is 12.3 Å². The maximum Gasteiger partial charge on any atom is 0.147 e. The van der Waals surface area contributed by atoms with Crippen molar-refractivity contribution in [2.45, 2.75) is 25.7 Å². The van der Waals surface area contributed by atoms with Crippen LogP contribution in [0.4, 0.5) is 0 Å². The molecule has 0 rings (SSSR count). The molecule has 0 heterocycles. The Bertz CT molecular complexity index is 266. The Kier molecular flexibility index (Phi) is 7.04. The first-order chi connectivity index (χ1) is 6.06. The Hall–Kier alpha value is -0.250. The largest absolute Gasteiger partial charge is 0.233 e. The fraction of sp³-hybridized carbons (Fsp3) is 0.875. The van der Waals surface area contributed by atoms with E-state index in [1.54, 1.807) is 0 Å². The van der Waals surface area contributed by atoms with Crippen molar-refractivity contribution in [2.75, 3.05) is 18.6 Å². The van der Waals surface area contributed by atoms with Crippen molar-refractivity contribution < 1.29 is 8.42 Å². The zero-order valence-electron chi connectivity index (χ0n) is 7.82. The molecule has 0 amide bonds. The topological polar surface area (TPSA) is 46.5 Å². The van der Waals surface area contributed by atoms with Gasteiger partial charge in [-0.1, -0.05) is 12.8 Å². The lowest BCUT2D eigenvalue weighted by Gasteiger charge is -1.97. The van der Waals surface area contributed by atoms with Gasteiger partial charge in [0.15, 0.2) is 0 Å². The predicted molar refractivity (Wildman–Crippen MR) is 58.1 cm³/mol. The highest BCUT2D eigenvalue weighted by Crippen LogP contribution is 2.01. The van der Waals surface area contributed by atoms with Crippen molar-refractivity contribution in [1.29, 1.82) is 0 Å². The summed E-state index contributed by atoms with van der Waals surface area (Å²) in [6, 6.07) is 0. The van der Waals surface area contributed by atoms with E-state index in [-0.39, 0.29) is 0 Å². The fourth-order valence-corrected chi connectivity index (χ4v) is 1.77. The summed E-state index contributed by atoms with van der Waals surface area (Å²) in [5, 5.41) is 2.30. The van der Waals surface area contributed by atoms with Crippen LogP contribution in [0.15, 0.2) is 4.99 Å². The summed E-state index contributed by atoms with van der Waals surface area (Å²) in [5.74, 6) is 0.295. The van der Waals surface area contributed by atoms with Gasteiger partial charge in [-0.05, 0) is 25.1 Å². The van der Waals surface area contributed by atoms with Gasteiger partial charge in [0.1, 0.15) is 9.84 Å². The summed E-state index contributed by atoms with van der Waals surface area (Å²) >= 11 is 4.41. The third-order valence-corrected chi connectivity index (χ3v) is 2.76. The zero-order valence-corrected chi connectivity index (χ0v) is 9.46. The van der Waals surface area contributed by atoms with Gasteiger partial charge >= 0.3 is 0 Å². The zero-order chi connectivity index (χ0) is 10.2. The average molecular weight is 221 g/mol. The molecule has 13 heavy (non-hydrogen) atoms. The molecule has 0 aliphatic heterocycles. The second kappa shape index (κ2) is 7.18. The predicted octanol–water partition coefficient (Wildman–Crippen LogP) is 1.69. The Morgan fingerprint density at radius 1 is 1.23 bits per heavy atom. The molecule has 0 aromatic carbocycles. The van der Waals surface area contributed by atoms with E-state index in [0.717, 1.165) is 25.7 Å². The molecule has 0 fully saturated rings. The van der Waals surface area contributed by atoms with Gasteiger partial charge in [-0.25, -0.2) is 13.4 Å². The lowest BCUT2D eigenvalue weighted by Crippen LogP contribution is -2.02. The van der Waals surface area contributed by atoms with E-state index in [4.69, 9.17) is 0 Å². The molecule has 76 valence electrons. The molecule has 0 N–H and O–H groups in total. The number of thiocarbonyl (C=S) groups is 1. The van der Waals surface area contributed by atoms with Crippen molar-refractivity contribution in [3.05, 3.63) is 0 Å². The minimum absolute atomic E-state index is 0.295. The summed E-state index contributed by atoms with van der Waals surface area (Å²) in [6.07, 6.45) is 4.94. The van der Waals surface area contributed by atoms with Crippen LogP contribution in [-0.4, -0.2) is 32.1 Å². The third-order valence-electron chi connectivity index (χ3n) is 1.60. The number of unbranched alkanes of at least 4 members (excludes halogenated alkanes) is 3. The Morgan fingerprint density at radius 3 is 2.38 bits per heavy atom. The Labute approximate surface area is 85.2 Å². The second-order valence-corrected chi connectivity index (χ2v) is 5.46. The van der Waals surface area contributed by atoms with Crippen molar-refractivity contribution in [3.8, 4) is 0 Å². The summed E-state index contributed by atoms with van der Waals surface area (Å²) in [5.41, 5.74) is 0. The average Bonchev–Trinajstić information content (AvgIpc) is 2.01. The molecular weight excluding hydrogens is 206 g/mol. The van der Waals surface area contributed by atoms with E-state index in [9.17, 15) is 8.42 Å². The van der Waals surface area contributed by atoms with Crippen LogP contribution in [0.5, 0.6) is 0 Å². The highest BCUT2D eigenvalue weighted by molar-refractivity contribution is 7.90. The maximum absolute atomic E-state index is 10.7. The molecule has 0 aliphatic rings. The standard InChI is InChI=1S/C8H15NO2S2/c1-13(10,11)7-5-3-2-4-6-9-8-12/h2-7H2,1H3. The number of aliphatic imine (C=N–C) groups is 1. The van der Waals surface area contributed by atoms with Crippen LogP contribution < -0.4 is 0 Å². The molecule has 0 bridgehead atoms. The first-order valence-electron chi connectivity index (χ1n) is 4.27. The van der Waals surface area contributed by atoms with E-state index in [1.165, 1.54) is 6.26 Å². The quantitative estimate of drug-likeness (QED) is 0.373. The van der Waals surface area contributed by atoms with Gasteiger partial charge in [-0.3, -0.25) is 0 Å². The second-order valence-electron chi connectivity index (χ2n) is 3.02. The fourth-order valence-electron chi connectivity index (χ4n) is 0.954. The summed E-state index contributed by atoms with van der Waals surface area (Å²) in [4.78, 5) is 3.76. The molecule has 0 aromatic rings. The highest BCUT2D eigenvalue weighted by atomic mass is 32.2. The Balaban J connectivity index is 3.22. The van der Waals surface area contributed by atoms with Crippen molar-refractivity contribution >= 4 is 27.2 Å². The van der Waals surface area contributed by atoms with E-state index >= 15 is 0 Å². The monoisotopic (exact) mass is 221 g/mol. The summed E-state index contributed by atoms with van der Waals surface area (Å²) in [6.45, 7) is 0.711. The minimum Gasteiger partial charge on any atom is -0.233 e. The SMILES string of the molecule is CS(=O)(=O)CCCCCCN=C=S. The number of rotatable bonds is 7. The van der Waals surface area contributed by atoms with Gasteiger partial charge < -0.3 is 0 Å². The Morgan fingerprint density at radius 2 is 1.85 bits per heavy atom. The highest BCUT2D eigenvalue weighted by Gasteiger charge is 2.00. The molecule has 5 heteroatoms. The van der Waals surface area contributed by atoms with Crippen molar-refractivity contribution in [2.24, 2.45) is 4.99 Å².